The normalized spacial score (nSPS) is 20.6. The first-order valence-electron chi connectivity index (χ1n) is 7.80. The minimum Gasteiger partial charge on any atom is -0.399 e. The molecule has 1 aliphatic carbocycles. The molecule has 2 atom stereocenters. The van der Waals surface area contributed by atoms with E-state index in [1.807, 2.05) is 25.1 Å². The Balaban J connectivity index is 1.67. The molecule has 0 aromatic heterocycles. The highest BCUT2D eigenvalue weighted by molar-refractivity contribution is 5.91. The molecule has 0 heterocycles. The standard InChI is InChI=1S/C17H27N3O/c1-12-9-14(12)11-20(3)8-4-5-17(21)19-16-7-6-15(18)10-13(16)2/h6-7,10,12,14H,4-5,8-9,11,18H2,1-3H3,(H,19,21). The molecule has 0 radical (unpaired) electrons. The summed E-state index contributed by atoms with van der Waals surface area (Å²) in [5.41, 5.74) is 8.29. The highest BCUT2D eigenvalue weighted by Crippen LogP contribution is 2.37. The molecule has 1 aromatic carbocycles. The van der Waals surface area contributed by atoms with Gasteiger partial charge in [0.25, 0.3) is 0 Å². The third-order valence-corrected chi connectivity index (χ3v) is 4.29. The number of rotatable bonds is 7. The Bertz CT molecular complexity index is 501. The fourth-order valence-electron chi connectivity index (χ4n) is 2.69. The molecule has 21 heavy (non-hydrogen) atoms. The Kier molecular flexibility index (Phi) is 5.23. The maximum absolute atomic E-state index is 12.0. The van der Waals surface area contributed by atoms with E-state index in [1.54, 1.807) is 0 Å². The van der Waals surface area contributed by atoms with Gasteiger partial charge in [-0.2, -0.15) is 0 Å². The zero-order valence-corrected chi connectivity index (χ0v) is 13.4. The lowest BCUT2D eigenvalue weighted by atomic mass is 10.1. The van der Waals surface area contributed by atoms with Crippen molar-refractivity contribution in [1.29, 1.82) is 0 Å². The molecule has 1 aromatic rings. The van der Waals surface area contributed by atoms with Crippen molar-refractivity contribution in [3.63, 3.8) is 0 Å². The lowest BCUT2D eigenvalue weighted by molar-refractivity contribution is -0.116. The molecule has 0 aliphatic heterocycles. The van der Waals surface area contributed by atoms with Crippen molar-refractivity contribution in [2.24, 2.45) is 11.8 Å². The minimum atomic E-state index is 0.0797. The molecule has 2 unspecified atom stereocenters. The first kappa shape index (κ1) is 15.8. The molecule has 1 fully saturated rings. The number of amides is 1. The second-order valence-corrected chi connectivity index (χ2v) is 6.46. The zero-order valence-electron chi connectivity index (χ0n) is 13.4. The van der Waals surface area contributed by atoms with Gasteiger partial charge >= 0.3 is 0 Å². The quantitative estimate of drug-likeness (QED) is 0.759. The number of nitrogens with one attached hydrogen (secondary N) is 1. The van der Waals surface area contributed by atoms with Crippen LogP contribution in [0.3, 0.4) is 0 Å². The number of nitrogens with zero attached hydrogens (tertiary/aromatic N) is 1. The fourth-order valence-corrected chi connectivity index (χ4v) is 2.69. The topological polar surface area (TPSA) is 58.4 Å². The molecule has 0 spiro atoms. The number of carbonyl (C=O) groups is 1. The number of anilines is 2. The largest absolute Gasteiger partial charge is 0.399 e. The van der Waals surface area contributed by atoms with Gasteiger partial charge in [-0.1, -0.05) is 6.92 Å². The van der Waals surface area contributed by atoms with E-state index in [2.05, 4.69) is 24.2 Å². The van der Waals surface area contributed by atoms with Crippen LogP contribution in [0, 0.1) is 18.8 Å². The van der Waals surface area contributed by atoms with Crippen LogP contribution >= 0.6 is 0 Å². The summed E-state index contributed by atoms with van der Waals surface area (Å²) in [6.45, 7) is 6.41. The summed E-state index contributed by atoms with van der Waals surface area (Å²) < 4.78 is 0. The summed E-state index contributed by atoms with van der Waals surface area (Å²) in [6.07, 6.45) is 2.83. The van der Waals surface area contributed by atoms with Crippen molar-refractivity contribution < 1.29 is 4.79 Å². The van der Waals surface area contributed by atoms with Crippen molar-refractivity contribution in [3.05, 3.63) is 23.8 Å². The predicted octanol–water partition coefficient (Wildman–Crippen LogP) is 2.88. The number of nitrogens with two attached hydrogens (primary N) is 1. The molecule has 4 heteroatoms. The lowest BCUT2D eigenvalue weighted by Gasteiger charge is -2.16. The van der Waals surface area contributed by atoms with Crippen LogP contribution in [-0.2, 0) is 4.79 Å². The monoisotopic (exact) mass is 289 g/mol. The molecule has 1 saturated carbocycles. The van der Waals surface area contributed by atoms with E-state index in [1.165, 1.54) is 13.0 Å². The van der Waals surface area contributed by atoms with Crippen molar-refractivity contribution in [2.45, 2.75) is 33.1 Å². The predicted molar refractivity (Wildman–Crippen MR) is 88.2 cm³/mol. The molecule has 116 valence electrons. The van der Waals surface area contributed by atoms with Gasteiger partial charge in [-0.15, -0.1) is 0 Å². The summed E-state index contributed by atoms with van der Waals surface area (Å²) in [4.78, 5) is 14.3. The lowest BCUT2D eigenvalue weighted by Crippen LogP contribution is -2.24. The van der Waals surface area contributed by atoms with Crippen LogP contribution in [0.2, 0.25) is 0 Å². The molecule has 4 nitrogen and oxygen atoms in total. The number of hydrogen-bond acceptors (Lipinski definition) is 3. The van der Waals surface area contributed by atoms with Gasteiger partial charge in [0.2, 0.25) is 5.91 Å². The molecule has 0 saturated heterocycles. The second-order valence-electron chi connectivity index (χ2n) is 6.46. The summed E-state index contributed by atoms with van der Waals surface area (Å²) in [6, 6.07) is 5.55. The van der Waals surface area contributed by atoms with Crippen LogP contribution in [0.1, 0.15) is 31.7 Å². The maximum Gasteiger partial charge on any atom is 0.224 e. The number of hydrogen-bond donors (Lipinski definition) is 2. The van der Waals surface area contributed by atoms with Crippen LogP contribution in [0.5, 0.6) is 0 Å². The zero-order chi connectivity index (χ0) is 15.4. The Labute approximate surface area is 127 Å². The number of carbonyl (C=O) groups excluding carboxylic acids is 1. The van der Waals surface area contributed by atoms with Crippen molar-refractivity contribution in [2.75, 3.05) is 31.2 Å². The van der Waals surface area contributed by atoms with Crippen LogP contribution in [0.15, 0.2) is 18.2 Å². The highest BCUT2D eigenvalue weighted by atomic mass is 16.1. The van der Waals surface area contributed by atoms with Crippen molar-refractivity contribution in [3.8, 4) is 0 Å². The SMILES string of the molecule is Cc1cc(N)ccc1NC(=O)CCCN(C)CC1CC1C. The average molecular weight is 289 g/mol. The van der Waals surface area contributed by atoms with E-state index < -0.39 is 0 Å². The molecule has 1 amide bonds. The molecular weight excluding hydrogens is 262 g/mol. The number of nitrogen functional groups attached to an aromatic ring is 1. The van der Waals surface area contributed by atoms with Gasteiger partial charge in [0.15, 0.2) is 0 Å². The third kappa shape index (κ3) is 5.05. The van der Waals surface area contributed by atoms with E-state index in [0.29, 0.717) is 6.42 Å². The Morgan fingerprint density at radius 1 is 1.48 bits per heavy atom. The Morgan fingerprint density at radius 2 is 2.19 bits per heavy atom. The molecular formula is C17H27N3O. The van der Waals surface area contributed by atoms with E-state index in [0.717, 1.165) is 41.7 Å². The number of benzene rings is 1. The molecule has 2 rings (SSSR count). The van der Waals surface area contributed by atoms with Crippen LogP contribution < -0.4 is 11.1 Å². The van der Waals surface area contributed by atoms with Gasteiger partial charge in [0, 0.05) is 24.3 Å². The second kappa shape index (κ2) is 6.94. The van der Waals surface area contributed by atoms with Gasteiger partial charge < -0.3 is 16.0 Å². The van der Waals surface area contributed by atoms with Crippen LogP contribution in [0.4, 0.5) is 11.4 Å². The van der Waals surface area contributed by atoms with E-state index >= 15 is 0 Å². The average Bonchev–Trinajstić information content (AvgIpc) is 3.08. The summed E-state index contributed by atoms with van der Waals surface area (Å²) in [5, 5.41) is 2.96. The van der Waals surface area contributed by atoms with E-state index in [-0.39, 0.29) is 5.91 Å². The molecule has 1 aliphatic rings. The maximum atomic E-state index is 12.0. The van der Waals surface area contributed by atoms with Gasteiger partial charge in [0.05, 0.1) is 0 Å². The first-order chi connectivity index (χ1) is 9.95. The Morgan fingerprint density at radius 3 is 2.81 bits per heavy atom. The van der Waals surface area contributed by atoms with Crippen LogP contribution in [-0.4, -0.2) is 30.9 Å². The van der Waals surface area contributed by atoms with Gasteiger partial charge in [-0.3, -0.25) is 4.79 Å². The van der Waals surface area contributed by atoms with Gasteiger partial charge in [0.1, 0.15) is 0 Å². The third-order valence-electron chi connectivity index (χ3n) is 4.29. The smallest absolute Gasteiger partial charge is 0.224 e. The Hall–Kier alpha value is -1.55. The molecule has 3 N–H and O–H groups in total. The molecule has 0 bridgehead atoms. The summed E-state index contributed by atoms with van der Waals surface area (Å²) in [5.74, 6) is 1.85. The van der Waals surface area contributed by atoms with Crippen LogP contribution in [0.25, 0.3) is 0 Å². The summed E-state index contributed by atoms with van der Waals surface area (Å²) >= 11 is 0. The van der Waals surface area contributed by atoms with E-state index in [4.69, 9.17) is 5.73 Å². The number of aryl methyl sites for hydroxylation is 1. The fraction of sp³-hybridized carbons (Fsp3) is 0.588. The minimum absolute atomic E-state index is 0.0797. The van der Waals surface area contributed by atoms with Crippen molar-refractivity contribution in [1.82, 2.24) is 4.90 Å². The summed E-state index contributed by atoms with van der Waals surface area (Å²) in [7, 11) is 2.15. The van der Waals surface area contributed by atoms with Gasteiger partial charge in [-0.05, 0) is 69.0 Å². The highest BCUT2D eigenvalue weighted by Gasteiger charge is 2.32. The van der Waals surface area contributed by atoms with E-state index in [9.17, 15) is 4.79 Å². The van der Waals surface area contributed by atoms with Gasteiger partial charge in [-0.25, -0.2) is 0 Å². The van der Waals surface area contributed by atoms with Crippen molar-refractivity contribution >= 4 is 17.3 Å². The first-order valence-corrected chi connectivity index (χ1v) is 7.80.